The van der Waals surface area contributed by atoms with Crippen molar-refractivity contribution in [3.8, 4) is 0 Å². The van der Waals surface area contributed by atoms with E-state index in [1.165, 1.54) is 0 Å². The predicted octanol–water partition coefficient (Wildman–Crippen LogP) is 15.3. The molecule has 0 saturated heterocycles. The first-order valence-corrected chi connectivity index (χ1v) is 53.1. The molecule has 0 aliphatic heterocycles. The molecule has 30 heteroatoms. The summed E-state index contributed by atoms with van der Waals surface area (Å²) in [5.74, 6) is 14.6. The highest BCUT2D eigenvalue weighted by atomic mass is 32.2. The third-order valence-electron chi connectivity index (χ3n) is 21.1. The molecule has 12 atom stereocenters. The lowest BCUT2D eigenvalue weighted by molar-refractivity contribution is -0.128. The highest BCUT2D eigenvalue weighted by Gasteiger charge is 2.31. The standard InChI is InChI=1S/6C16H31NO3S/c6*1-12(2)10-15(17-4)16(19)11-14(13(3)18)6-8-21-9-7-20-5/h6*12,14-15,17H,6-11H2,1-5H3/t6*14?,15-/m000000/s1. The van der Waals surface area contributed by atoms with Gasteiger partial charge in [-0.05, 0) is 231 Å². The summed E-state index contributed by atoms with van der Waals surface area (Å²) < 4.78 is 30.0. The molecule has 0 saturated carbocycles. The molecular formula is C96H186N6O18S6. The maximum atomic E-state index is 12.3. The Morgan fingerprint density at radius 1 is 0.206 bits per heavy atom. The number of carbonyl (C=O) groups excluding carboxylic acids is 12. The van der Waals surface area contributed by atoms with Crippen LogP contribution in [-0.2, 0) is 86.0 Å². The minimum absolute atomic E-state index is 0.120. The number of nitrogens with one attached hydrogen (secondary N) is 6. The Morgan fingerprint density at radius 2 is 0.317 bits per heavy atom. The van der Waals surface area contributed by atoms with Crippen molar-refractivity contribution >= 4 is 140 Å². The van der Waals surface area contributed by atoms with Crippen LogP contribution >= 0.6 is 70.6 Å². The van der Waals surface area contributed by atoms with Gasteiger partial charge < -0.3 is 60.3 Å². The van der Waals surface area contributed by atoms with E-state index in [-0.39, 0.29) is 141 Å². The Balaban J connectivity index is -0.000000343. The van der Waals surface area contributed by atoms with Gasteiger partial charge in [0.2, 0.25) is 0 Å². The Hall–Kier alpha value is -2.34. The molecule has 24 nitrogen and oxygen atoms in total. The molecule has 6 unspecified atom stereocenters. The molecule has 0 aliphatic rings. The number of carbonyl (C=O) groups is 12. The highest BCUT2D eigenvalue weighted by Crippen LogP contribution is 2.25. The SMILES string of the molecule is CN[C@@H](CC(C)C)C(=O)CC(CCSCCOC)C(C)=O.CN[C@@H](CC(C)C)C(=O)CC(CCSCCOC)C(C)=O.CN[C@@H](CC(C)C)C(=O)CC(CCSCCOC)C(C)=O.CN[C@@H](CC(C)C)C(=O)CC(CCSCCOC)C(C)=O.CN[C@@H](CC(C)C)C(=O)CC(CCSCCOC)C(C)=O.CN[C@@H](CC(C)C)C(=O)CC(CCSCCOC)C(C)=O. The van der Waals surface area contributed by atoms with E-state index >= 15 is 0 Å². The van der Waals surface area contributed by atoms with Gasteiger partial charge in [-0.15, -0.1) is 0 Å². The van der Waals surface area contributed by atoms with Gasteiger partial charge in [-0.1, -0.05) is 83.1 Å². The molecule has 0 fully saturated rings. The Bertz CT molecular complexity index is 2310. The van der Waals surface area contributed by atoms with Crippen molar-refractivity contribution in [3.05, 3.63) is 0 Å². The van der Waals surface area contributed by atoms with Gasteiger partial charge in [0.25, 0.3) is 0 Å². The van der Waals surface area contributed by atoms with Crippen LogP contribution in [0.3, 0.4) is 0 Å². The lowest BCUT2D eigenvalue weighted by Gasteiger charge is -2.20. The fourth-order valence-electron chi connectivity index (χ4n) is 13.1. The van der Waals surface area contributed by atoms with E-state index in [4.69, 9.17) is 28.4 Å². The Morgan fingerprint density at radius 3 is 0.397 bits per heavy atom. The largest absolute Gasteiger partial charge is 0.384 e. The van der Waals surface area contributed by atoms with Gasteiger partial charge >= 0.3 is 0 Å². The second-order valence-corrected chi connectivity index (χ2v) is 42.4. The van der Waals surface area contributed by atoms with Crippen LogP contribution in [0, 0.1) is 71.0 Å². The van der Waals surface area contributed by atoms with Gasteiger partial charge in [-0.3, -0.25) is 57.5 Å². The second kappa shape index (κ2) is 90.5. The molecule has 0 spiro atoms. The Labute approximate surface area is 793 Å². The lowest BCUT2D eigenvalue weighted by Crippen LogP contribution is -2.37. The van der Waals surface area contributed by atoms with Crippen molar-refractivity contribution in [2.24, 2.45) is 71.0 Å². The molecular weight excluding hydrogens is 1720 g/mol. The zero-order valence-corrected chi connectivity index (χ0v) is 89.5. The van der Waals surface area contributed by atoms with Crippen LogP contribution in [0.4, 0.5) is 0 Å². The summed E-state index contributed by atoms with van der Waals surface area (Å²) in [7, 11) is 21.0. The van der Waals surface area contributed by atoms with Gasteiger partial charge in [0.05, 0.1) is 75.9 Å². The van der Waals surface area contributed by atoms with Crippen molar-refractivity contribution in [2.45, 2.75) is 276 Å². The minimum atomic E-state index is -0.143. The quantitative estimate of drug-likeness (QED) is 0.0308. The molecule has 0 bridgehead atoms. The van der Waals surface area contributed by atoms with E-state index in [1.807, 2.05) is 42.3 Å². The first-order valence-electron chi connectivity index (χ1n) is 46.1. The van der Waals surface area contributed by atoms with Crippen molar-refractivity contribution in [1.29, 1.82) is 0 Å². The molecule has 744 valence electrons. The van der Waals surface area contributed by atoms with Gasteiger partial charge in [-0.25, -0.2) is 0 Å². The van der Waals surface area contributed by atoms with Gasteiger partial charge in [0.1, 0.15) is 69.4 Å². The van der Waals surface area contributed by atoms with E-state index < -0.39 is 0 Å². The van der Waals surface area contributed by atoms with Gasteiger partial charge in [0, 0.05) is 151 Å². The molecule has 0 amide bonds. The fraction of sp³-hybridized carbons (Fsp3) is 0.875. The predicted molar refractivity (Wildman–Crippen MR) is 539 cm³/mol. The average Bonchev–Trinajstić information content (AvgIpc) is 0.930. The summed E-state index contributed by atoms with van der Waals surface area (Å²) in [6.45, 7) is 39.2. The molecule has 0 aliphatic carbocycles. The number of methoxy groups -OCH3 is 6. The van der Waals surface area contributed by atoms with Crippen molar-refractivity contribution in [3.63, 3.8) is 0 Å². The van der Waals surface area contributed by atoms with Gasteiger partial charge in [0.15, 0.2) is 0 Å². The summed E-state index contributed by atoms with van der Waals surface area (Å²) in [4.78, 5) is 144. The Kier molecular flexibility index (Phi) is 96.5. The summed E-state index contributed by atoms with van der Waals surface area (Å²) in [5.41, 5.74) is 0. The third-order valence-corrected chi connectivity index (χ3v) is 26.9. The monoisotopic (exact) mass is 1900 g/mol. The van der Waals surface area contributed by atoms with E-state index in [0.717, 1.165) is 186 Å². The van der Waals surface area contributed by atoms with E-state index in [9.17, 15) is 57.5 Å². The number of rotatable bonds is 78. The van der Waals surface area contributed by atoms with Crippen molar-refractivity contribution in [1.82, 2.24) is 31.9 Å². The zero-order chi connectivity index (χ0) is 97.5. The number of likely N-dealkylation sites (N-methyl/N-ethyl adjacent to an activating group) is 6. The lowest BCUT2D eigenvalue weighted by atomic mass is 9.90. The van der Waals surface area contributed by atoms with E-state index in [0.29, 0.717) is 74.0 Å². The topological polar surface area (TPSA) is 332 Å². The first kappa shape index (κ1) is 134. The summed E-state index contributed by atoms with van der Waals surface area (Å²) in [6.07, 6.45) is 11.7. The fourth-order valence-corrected chi connectivity index (χ4v) is 18.8. The average molecular weight is 1900 g/mol. The van der Waals surface area contributed by atoms with Gasteiger partial charge in [-0.2, -0.15) is 70.6 Å². The van der Waals surface area contributed by atoms with Crippen LogP contribution in [0.5, 0.6) is 0 Å². The van der Waals surface area contributed by atoms with Crippen LogP contribution in [0.25, 0.3) is 0 Å². The first-order chi connectivity index (χ1) is 59.5. The number of ether oxygens (including phenoxy) is 6. The number of ketones is 12. The van der Waals surface area contributed by atoms with E-state index in [1.54, 1.807) is 155 Å². The maximum Gasteiger partial charge on any atom is 0.150 e. The van der Waals surface area contributed by atoms with Crippen LogP contribution in [0.2, 0.25) is 0 Å². The van der Waals surface area contributed by atoms with Crippen LogP contribution in [0.1, 0.15) is 240 Å². The van der Waals surface area contributed by atoms with Crippen LogP contribution in [0.15, 0.2) is 0 Å². The number of Topliss-reactive ketones (excluding diaryl/α,β-unsaturated/α-hetero) is 12. The number of hydrogen-bond acceptors (Lipinski definition) is 30. The molecule has 0 aromatic carbocycles. The van der Waals surface area contributed by atoms with Crippen LogP contribution in [-0.4, -0.2) is 299 Å². The third kappa shape index (κ3) is 81.2. The molecule has 0 aromatic rings. The highest BCUT2D eigenvalue weighted by molar-refractivity contribution is 8.00. The summed E-state index contributed by atoms with van der Waals surface area (Å²) in [5, 5.41) is 18.5. The second-order valence-electron chi connectivity index (χ2n) is 35.1. The maximum absolute atomic E-state index is 12.3. The van der Waals surface area contributed by atoms with Crippen LogP contribution < -0.4 is 31.9 Å². The normalized spacial score (nSPS) is 14.2. The number of hydrogen-bond donors (Lipinski definition) is 6. The molecule has 0 rings (SSSR count). The number of thioether (sulfide) groups is 6. The van der Waals surface area contributed by atoms with Crippen molar-refractivity contribution < 1.29 is 86.0 Å². The molecule has 0 heterocycles. The molecule has 0 radical (unpaired) electrons. The molecule has 126 heavy (non-hydrogen) atoms. The molecule has 0 aromatic heterocycles. The smallest absolute Gasteiger partial charge is 0.150 e. The molecule has 6 N–H and O–H groups in total. The summed E-state index contributed by atoms with van der Waals surface area (Å²) >= 11 is 10.6. The van der Waals surface area contributed by atoms with E-state index in [2.05, 4.69) is 115 Å². The van der Waals surface area contributed by atoms with Crippen molar-refractivity contribution in [2.75, 3.05) is 194 Å². The summed E-state index contributed by atoms with van der Waals surface area (Å²) in [6, 6.07) is -0.789. The minimum Gasteiger partial charge on any atom is -0.384 e. The zero-order valence-electron chi connectivity index (χ0n) is 84.6.